The summed E-state index contributed by atoms with van der Waals surface area (Å²) in [6.07, 6.45) is 4.67. The number of nitrogens with zero attached hydrogens (tertiary/aromatic N) is 11. The van der Waals surface area contributed by atoms with E-state index >= 15 is 0 Å². The number of carbonyl (C=O) groups excluding carboxylic acids is 6. The second-order valence-electron chi connectivity index (χ2n) is 23.4. The third kappa shape index (κ3) is 46.9. The van der Waals surface area contributed by atoms with E-state index in [0.29, 0.717) is 17.3 Å². The Balaban J connectivity index is -0.000000631. The normalized spacial score (nSPS) is 9.32. The minimum atomic E-state index is -1.39. The van der Waals surface area contributed by atoms with E-state index in [0.717, 1.165) is 29.1 Å². The molecule has 0 unspecified atom stereocenters. The molecule has 0 fully saturated rings. The number of aromatic nitrogens is 10. The van der Waals surface area contributed by atoms with Crippen molar-refractivity contribution in [1.29, 1.82) is 0 Å². The molecular weight excluding hydrogens is 1660 g/mol. The molecule has 10 aromatic rings. The number of anilines is 4. The molecule has 42 heteroatoms. The Kier molecular flexibility index (Phi) is 63.0. The largest absolute Gasteiger partial charge is 1.00 e. The number of ketones is 2. The summed E-state index contributed by atoms with van der Waals surface area (Å²) in [7, 11) is 4.89. The zero-order chi connectivity index (χ0) is 86.5. The zero-order valence-electron chi connectivity index (χ0n) is 69.0. The predicted octanol–water partition coefficient (Wildman–Crippen LogP) is 5.94. The van der Waals surface area contributed by atoms with Gasteiger partial charge in [0.25, 0.3) is 28.7 Å². The summed E-state index contributed by atoms with van der Waals surface area (Å²) in [4.78, 5) is 112. The summed E-state index contributed by atoms with van der Waals surface area (Å²) >= 11 is 18.5. The molecule has 626 valence electrons. The number of rotatable bonds is 18. The van der Waals surface area contributed by atoms with Gasteiger partial charge in [-0.05, 0) is 99.7 Å². The fourth-order valence-corrected chi connectivity index (χ4v) is 11.1. The molecule has 0 atom stereocenters. The molecule has 2 amide bonds. The van der Waals surface area contributed by atoms with E-state index in [-0.39, 0.29) is 130 Å². The van der Waals surface area contributed by atoms with E-state index in [1.807, 2.05) is 53.7 Å². The Morgan fingerprint density at radius 1 is 0.622 bits per heavy atom. The summed E-state index contributed by atoms with van der Waals surface area (Å²) in [5.74, 6) is -5.09. The Morgan fingerprint density at radius 2 is 1.04 bits per heavy atom. The minimum Gasteiger partial charge on any atom is -0.870 e. The number of pyridine rings is 2. The molecule has 0 saturated carbocycles. The zero-order valence-corrected chi connectivity index (χ0v) is 75.0. The van der Waals surface area contributed by atoms with Crippen LogP contribution in [0.5, 0.6) is 11.5 Å². The number of thioether (sulfide) groups is 1. The molecule has 0 saturated heterocycles. The van der Waals surface area contributed by atoms with Crippen molar-refractivity contribution >= 4 is 158 Å². The van der Waals surface area contributed by atoms with E-state index in [1.165, 1.54) is 61.7 Å². The number of carbonyl (C=O) groups is 7. The Bertz CT molecular complexity index is 4690. The van der Waals surface area contributed by atoms with E-state index < -0.39 is 72.1 Å². The van der Waals surface area contributed by atoms with Gasteiger partial charge in [0.2, 0.25) is 5.69 Å². The number of hydrogen-bond donors (Lipinski definition) is 9. The van der Waals surface area contributed by atoms with Crippen LogP contribution in [0.4, 0.5) is 23.0 Å². The number of ether oxygens (including phenoxy) is 2. The van der Waals surface area contributed by atoms with Crippen molar-refractivity contribution in [2.45, 2.75) is 85.2 Å². The molecule has 0 spiro atoms. The first kappa shape index (κ1) is 115. The molecule has 6 aromatic heterocycles. The minimum absolute atomic E-state index is 0. The molecule has 4 aromatic carbocycles. The smallest absolute Gasteiger partial charge is 0.870 e. The van der Waals surface area contributed by atoms with Crippen LogP contribution in [0.1, 0.15) is 81.6 Å². The van der Waals surface area contributed by atoms with Crippen molar-refractivity contribution in [1.82, 2.24) is 61.4 Å². The predicted molar refractivity (Wildman–Crippen MR) is 465 cm³/mol. The topological polar surface area (TPSA) is 533 Å². The van der Waals surface area contributed by atoms with Crippen molar-refractivity contribution in [3.63, 3.8) is 0 Å². The number of Topliss-reactive ketones (excluding diaryl/α,β-unsaturated/α-hetero) is 2. The van der Waals surface area contributed by atoms with Crippen LogP contribution in [0, 0.1) is 6.92 Å². The van der Waals surface area contributed by atoms with Crippen LogP contribution < -0.4 is 91.3 Å². The number of esters is 2. The second-order valence-corrected chi connectivity index (χ2v) is 33.6. The number of para-hydroxylation sites is 1. The van der Waals surface area contributed by atoms with Gasteiger partial charge in [-0.3, -0.25) is 33.6 Å². The number of carboxylic acids is 1. The van der Waals surface area contributed by atoms with E-state index in [2.05, 4.69) is 244 Å². The number of aromatic carboxylic acids is 1. The Hall–Kier alpha value is -10.6. The molecule has 6 heterocycles. The molecule has 0 aliphatic carbocycles. The number of aromatic amines is 2. The monoisotopic (exact) mass is 1750 g/mol. The number of H-pyrrole nitrogens is 2. The first-order valence-corrected chi connectivity index (χ1v) is 44.1. The van der Waals surface area contributed by atoms with Gasteiger partial charge in [-0.25, -0.2) is 29.8 Å². The van der Waals surface area contributed by atoms with Gasteiger partial charge in [0, 0.05) is 93.4 Å². The summed E-state index contributed by atoms with van der Waals surface area (Å²) in [5.41, 5.74) is 14.2. The molecule has 119 heavy (non-hydrogen) atoms. The fraction of sp³-hybridized carbons (Fsp3) is 0.247. The van der Waals surface area contributed by atoms with Crippen molar-refractivity contribution < 1.29 is 106 Å². The molecule has 0 bridgehead atoms. The van der Waals surface area contributed by atoms with Crippen LogP contribution in [-0.4, -0.2) is 188 Å². The maximum absolute atomic E-state index is 11.7. The van der Waals surface area contributed by atoms with Gasteiger partial charge >= 0.3 is 61.3 Å². The molecule has 2 radical (unpaired) electrons. The summed E-state index contributed by atoms with van der Waals surface area (Å²) in [5, 5.41) is 63.5. The number of nitrogens with two attached hydrogens (primary N) is 2. The van der Waals surface area contributed by atoms with Crippen LogP contribution in [0.2, 0.25) is 54.6 Å². The van der Waals surface area contributed by atoms with Crippen LogP contribution in [0.25, 0.3) is 11.7 Å². The van der Waals surface area contributed by atoms with Crippen molar-refractivity contribution in [3.8, 4) is 11.5 Å². The van der Waals surface area contributed by atoms with E-state index in [9.17, 15) is 43.2 Å². The van der Waals surface area contributed by atoms with Crippen LogP contribution >= 0.6 is 54.5 Å². The van der Waals surface area contributed by atoms with Crippen LogP contribution in [0.15, 0.2) is 197 Å². The first-order valence-electron chi connectivity index (χ1n) is 34.4. The van der Waals surface area contributed by atoms with Gasteiger partial charge in [-0.2, -0.15) is 15.0 Å². The van der Waals surface area contributed by atoms with Gasteiger partial charge in [0.05, 0.1) is 23.9 Å². The Morgan fingerprint density at radius 3 is 1.42 bits per heavy atom. The number of amides is 2. The van der Waals surface area contributed by atoms with Crippen molar-refractivity contribution in [2.75, 3.05) is 63.1 Å². The van der Waals surface area contributed by atoms with Crippen molar-refractivity contribution in [3.05, 3.63) is 258 Å². The first-order chi connectivity index (χ1) is 54.6. The standard InChI is InChI=1S/C18H15P.C12H12ClN5O.C9H12N2O5.C9H13N.C6H5Cl2N3O.C6H6N2O3.C6H8N2S.C5H4N2O4.2C3H9Si.2Li.H2N.H2O/c1-4-10-16(11-5-1)19(17-12-6-2-7-13-17)18-14-8-3-9-15-18;1-7-4-3-5-15-11(7)16-8-6-9(13)17-18-10(8)12(19)14-2;1-3-15-7(13)5-6(12)8(11-10)9(14)16-4-2;1-3-10(2)9-7-5-4-6-8-9;1-9-6(12)5-3(7)2-4(8)10-11-5;1-3(9)6-4(10)2-5(11)7-8-6;1-9-5-3-2-4-8-6(5)7;8-2-1-3(9)6-7-4(2)5(10)11;2*1-4(2)3;;;;/h1-15H;3-6H,1-2H3,(H,14,19)(H,15,16,17);3-5H2,1-2H3;4-8H,3H2,1-2H3;2H,1H3,(H,9,12);2H,1H3,(H2,7,10,11);2-4H,1H3,(H2,7,8);1H,(H,10,11)(H2,6,8,9);2*1-3H3;;;2*1H2/q;;;;;;;;;;2*+1;-1;/p-1. The average Bonchev–Trinajstić information content (AvgIpc) is 0.829. The quantitative estimate of drug-likeness (QED) is 0.00552. The SMILES string of the molecule is CC(=O)c1n[nH]c(=O)cc1O.CCN(C)c1ccccc1.CCOC(=O)CC(=O)C(=[N+]=[N-])C(=O)OCC.CNC(=O)c1nnc(Cl)cc1Cl.CNC(=O)c1nnc(Cl)cc1Nc1ncccc1C.CSc1cccnc1N.C[Si](C)C.C[Si](C)C.O=C(O)c1n[nH]c(=O)cc1O.[Li+].[Li+].[NH2-].[OH-].c1ccc(P(c2ccccc2)c2ccccc2)cc1. The molecule has 0 aliphatic rings. The number of nitrogen functional groups attached to an aromatic ring is 1. The van der Waals surface area contributed by atoms with Gasteiger partial charge < -0.3 is 68.5 Å². The maximum atomic E-state index is 11.7. The van der Waals surface area contributed by atoms with E-state index in [1.54, 1.807) is 31.1 Å². The number of hydrogen-bond acceptors (Lipinski definition) is 26. The number of halogens is 3. The summed E-state index contributed by atoms with van der Waals surface area (Å²) in [6, 6.07) is 54.8. The number of aromatic hydroxyl groups is 2. The van der Waals surface area contributed by atoms with Gasteiger partial charge in [0.1, 0.15) is 18.1 Å². The van der Waals surface area contributed by atoms with Crippen molar-refractivity contribution in [2.24, 2.45) is 0 Å². The number of nitrogens with one attached hydrogen (secondary N) is 5. The molecule has 13 N–H and O–H groups in total. The maximum Gasteiger partial charge on any atom is 1.00 e. The molecule has 0 aliphatic heterocycles. The van der Waals surface area contributed by atoms with Gasteiger partial charge in [-0.15, -0.1) is 32.2 Å². The number of benzene rings is 4. The third-order valence-corrected chi connectivity index (χ3v) is 16.8. The Labute approximate surface area is 738 Å². The number of carboxylic acid groups (broad SMARTS) is 1. The van der Waals surface area contributed by atoms with E-state index in [4.69, 9.17) is 61.4 Å². The van der Waals surface area contributed by atoms with Crippen LogP contribution in [0.3, 0.4) is 0 Å². The number of aryl methyl sites for hydroxylation is 1. The average molecular weight is 1750 g/mol. The summed E-state index contributed by atoms with van der Waals surface area (Å²) in [6.45, 7) is 23.2. The summed E-state index contributed by atoms with van der Waals surface area (Å²) < 4.78 is 8.95. The second kappa shape index (κ2) is 65.3. The van der Waals surface area contributed by atoms with Crippen LogP contribution in [-0.2, 0) is 23.9 Å². The molecule has 33 nitrogen and oxygen atoms in total. The fourth-order valence-electron chi connectivity index (χ4n) is 7.77. The van der Waals surface area contributed by atoms with Gasteiger partial charge in [0.15, 0.2) is 44.7 Å². The molecule has 10 rings (SSSR count). The van der Waals surface area contributed by atoms with Gasteiger partial charge in [-0.1, -0.05) is 189 Å². The third-order valence-electron chi connectivity index (χ3n) is 12.9. The molecular formula is C77H96Cl3Li2N18O15PSSi2.